The van der Waals surface area contributed by atoms with Crippen molar-refractivity contribution in [1.29, 1.82) is 0 Å². The van der Waals surface area contributed by atoms with Crippen molar-refractivity contribution in [2.45, 2.75) is 13.0 Å². The van der Waals surface area contributed by atoms with E-state index in [1.165, 1.54) is 0 Å². The van der Waals surface area contributed by atoms with Crippen LogP contribution in [0.2, 0.25) is 5.02 Å². The highest BCUT2D eigenvalue weighted by Gasteiger charge is 2.15. The summed E-state index contributed by atoms with van der Waals surface area (Å²) in [5.74, 6) is -0.177. The number of hydrogen-bond donors (Lipinski definition) is 2. The zero-order valence-electron chi connectivity index (χ0n) is 15.6. The predicted molar refractivity (Wildman–Crippen MR) is 106 cm³/mol. The smallest absolute Gasteiger partial charge is 0.309 e. The SMILES string of the molecule is COc1ccc(CCNC(=O)C(=O)NCc2nc(-c3ccc(Cl)cc3)no2)cc1. The first-order chi connectivity index (χ1) is 14.0. The molecule has 0 aliphatic rings. The standard InChI is InChI=1S/C20H19ClN4O4/c1-28-16-8-2-13(3-9-16)10-11-22-19(26)20(27)23-12-17-24-18(25-29-17)14-4-6-15(21)7-5-14/h2-9H,10-12H2,1H3,(H,22,26)(H,23,27). The highest BCUT2D eigenvalue weighted by Crippen LogP contribution is 2.18. The van der Waals surface area contributed by atoms with Gasteiger partial charge in [0.1, 0.15) is 5.75 Å². The van der Waals surface area contributed by atoms with Gasteiger partial charge in [-0.05, 0) is 48.4 Å². The zero-order valence-corrected chi connectivity index (χ0v) is 16.4. The van der Waals surface area contributed by atoms with E-state index in [-0.39, 0.29) is 12.4 Å². The van der Waals surface area contributed by atoms with Gasteiger partial charge in [0.15, 0.2) is 0 Å². The Morgan fingerprint density at radius 2 is 1.72 bits per heavy atom. The molecule has 8 nitrogen and oxygen atoms in total. The number of amides is 2. The lowest BCUT2D eigenvalue weighted by molar-refractivity contribution is -0.139. The van der Waals surface area contributed by atoms with Crippen LogP contribution in [0, 0.1) is 0 Å². The van der Waals surface area contributed by atoms with E-state index in [9.17, 15) is 9.59 Å². The molecule has 0 spiro atoms. The summed E-state index contributed by atoms with van der Waals surface area (Å²) in [4.78, 5) is 28.0. The number of nitrogens with zero attached hydrogens (tertiary/aromatic N) is 2. The van der Waals surface area contributed by atoms with Crippen molar-refractivity contribution < 1.29 is 18.8 Å². The van der Waals surface area contributed by atoms with Crippen LogP contribution in [0.4, 0.5) is 0 Å². The Morgan fingerprint density at radius 1 is 1.03 bits per heavy atom. The number of carbonyl (C=O) groups is 2. The summed E-state index contributed by atoms with van der Waals surface area (Å²) in [5.41, 5.74) is 1.75. The summed E-state index contributed by atoms with van der Waals surface area (Å²) in [7, 11) is 1.60. The molecular formula is C20H19ClN4O4. The van der Waals surface area contributed by atoms with Crippen molar-refractivity contribution in [1.82, 2.24) is 20.8 Å². The Hall–Kier alpha value is -3.39. The van der Waals surface area contributed by atoms with Gasteiger partial charge in [-0.25, -0.2) is 0 Å². The van der Waals surface area contributed by atoms with Crippen LogP contribution in [-0.4, -0.2) is 35.6 Å². The van der Waals surface area contributed by atoms with Crippen LogP contribution in [-0.2, 0) is 22.6 Å². The second-order valence-electron chi connectivity index (χ2n) is 6.06. The number of ether oxygens (including phenoxy) is 1. The molecule has 0 radical (unpaired) electrons. The van der Waals surface area contributed by atoms with Crippen LogP contribution in [0.1, 0.15) is 11.5 Å². The quantitative estimate of drug-likeness (QED) is 0.575. The minimum atomic E-state index is -0.772. The Balaban J connectivity index is 1.42. The fraction of sp³-hybridized carbons (Fsp3) is 0.200. The maximum Gasteiger partial charge on any atom is 0.309 e. The number of halogens is 1. The highest BCUT2D eigenvalue weighted by atomic mass is 35.5. The van der Waals surface area contributed by atoms with Gasteiger partial charge >= 0.3 is 11.8 Å². The minimum Gasteiger partial charge on any atom is -0.497 e. The number of carbonyl (C=O) groups excluding carboxylic acids is 2. The monoisotopic (exact) mass is 414 g/mol. The first-order valence-corrected chi connectivity index (χ1v) is 9.20. The average molecular weight is 415 g/mol. The third-order valence-electron chi connectivity index (χ3n) is 4.04. The summed E-state index contributed by atoms with van der Waals surface area (Å²) >= 11 is 5.85. The van der Waals surface area contributed by atoms with Crippen LogP contribution in [0.25, 0.3) is 11.4 Å². The van der Waals surface area contributed by atoms with Crippen LogP contribution < -0.4 is 15.4 Å². The maximum atomic E-state index is 11.9. The minimum absolute atomic E-state index is 0.0503. The number of hydrogen-bond acceptors (Lipinski definition) is 6. The highest BCUT2D eigenvalue weighted by molar-refractivity contribution is 6.35. The second kappa shape index (κ2) is 9.70. The van der Waals surface area contributed by atoms with E-state index in [2.05, 4.69) is 20.8 Å². The summed E-state index contributed by atoms with van der Waals surface area (Å²) in [6, 6.07) is 14.4. The first-order valence-electron chi connectivity index (χ1n) is 8.82. The van der Waals surface area contributed by atoms with E-state index >= 15 is 0 Å². The van der Waals surface area contributed by atoms with Gasteiger partial charge in [-0.2, -0.15) is 4.98 Å². The Labute approximate surface area is 172 Å². The normalized spacial score (nSPS) is 10.4. The molecule has 0 aliphatic carbocycles. The van der Waals surface area contributed by atoms with Crippen molar-refractivity contribution in [3.8, 4) is 17.1 Å². The van der Waals surface area contributed by atoms with E-state index in [0.29, 0.717) is 23.8 Å². The molecule has 0 saturated carbocycles. The lowest BCUT2D eigenvalue weighted by Gasteiger charge is -2.06. The molecule has 1 aromatic heterocycles. The largest absolute Gasteiger partial charge is 0.497 e. The van der Waals surface area contributed by atoms with Gasteiger partial charge in [-0.1, -0.05) is 28.9 Å². The molecule has 9 heteroatoms. The predicted octanol–water partition coefficient (Wildman–Crippen LogP) is 2.37. The van der Waals surface area contributed by atoms with Crippen LogP contribution in [0.3, 0.4) is 0 Å². The van der Waals surface area contributed by atoms with Gasteiger partial charge < -0.3 is 19.9 Å². The summed E-state index contributed by atoms with van der Waals surface area (Å²) < 4.78 is 10.2. The van der Waals surface area contributed by atoms with E-state index in [0.717, 1.165) is 16.9 Å². The van der Waals surface area contributed by atoms with E-state index in [1.54, 1.807) is 31.4 Å². The van der Waals surface area contributed by atoms with Crippen LogP contribution in [0.15, 0.2) is 53.1 Å². The molecule has 2 N–H and O–H groups in total. The fourth-order valence-corrected chi connectivity index (χ4v) is 2.60. The van der Waals surface area contributed by atoms with E-state index in [4.69, 9.17) is 20.9 Å². The van der Waals surface area contributed by atoms with Crippen molar-refractivity contribution in [2.24, 2.45) is 0 Å². The Kier molecular flexibility index (Phi) is 6.80. The molecular weight excluding hydrogens is 396 g/mol. The van der Waals surface area contributed by atoms with E-state index < -0.39 is 11.8 Å². The van der Waals surface area contributed by atoms with Crippen molar-refractivity contribution in [2.75, 3.05) is 13.7 Å². The molecule has 2 aromatic carbocycles. The third-order valence-corrected chi connectivity index (χ3v) is 4.29. The third kappa shape index (κ3) is 5.79. The molecule has 0 fully saturated rings. The molecule has 0 atom stereocenters. The number of benzene rings is 2. The lowest BCUT2D eigenvalue weighted by atomic mass is 10.1. The number of aromatic nitrogens is 2. The molecule has 29 heavy (non-hydrogen) atoms. The molecule has 0 bridgehead atoms. The Morgan fingerprint density at radius 3 is 2.41 bits per heavy atom. The molecule has 1 heterocycles. The van der Waals surface area contributed by atoms with Crippen molar-refractivity contribution in [3.05, 3.63) is 65.0 Å². The number of rotatable bonds is 7. The van der Waals surface area contributed by atoms with Crippen molar-refractivity contribution in [3.63, 3.8) is 0 Å². The number of methoxy groups -OCH3 is 1. The molecule has 3 aromatic rings. The van der Waals surface area contributed by atoms with Gasteiger partial charge in [-0.15, -0.1) is 0 Å². The van der Waals surface area contributed by atoms with E-state index in [1.807, 2.05) is 24.3 Å². The molecule has 2 amide bonds. The summed E-state index contributed by atoms with van der Waals surface area (Å²) in [5, 5.41) is 9.47. The zero-order chi connectivity index (χ0) is 20.6. The second-order valence-corrected chi connectivity index (χ2v) is 6.49. The number of nitrogens with one attached hydrogen (secondary N) is 2. The van der Waals surface area contributed by atoms with Crippen LogP contribution in [0.5, 0.6) is 5.75 Å². The van der Waals surface area contributed by atoms with Gasteiger partial charge in [0.2, 0.25) is 11.7 Å². The topological polar surface area (TPSA) is 106 Å². The fourth-order valence-electron chi connectivity index (χ4n) is 2.47. The van der Waals surface area contributed by atoms with Gasteiger partial charge in [-0.3, -0.25) is 9.59 Å². The maximum absolute atomic E-state index is 11.9. The molecule has 0 unspecified atom stereocenters. The van der Waals surface area contributed by atoms with Gasteiger partial charge in [0.05, 0.1) is 13.7 Å². The Bertz CT molecular complexity index is 971. The summed E-state index contributed by atoms with van der Waals surface area (Å²) in [6.45, 7) is 0.283. The molecule has 0 saturated heterocycles. The molecule has 0 aliphatic heterocycles. The first kappa shape index (κ1) is 20.3. The lowest BCUT2D eigenvalue weighted by Crippen LogP contribution is -2.40. The van der Waals surface area contributed by atoms with Gasteiger partial charge in [0, 0.05) is 17.1 Å². The summed E-state index contributed by atoms with van der Waals surface area (Å²) in [6.07, 6.45) is 0.594. The van der Waals surface area contributed by atoms with Crippen LogP contribution >= 0.6 is 11.6 Å². The average Bonchev–Trinajstić information content (AvgIpc) is 3.22. The molecule has 3 rings (SSSR count). The van der Waals surface area contributed by atoms with Crippen molar-refractivity contribution >= 4 is 23.4 Å². The molecule has 150 valence electrons. The van der Waals surface area contributed by atoms with Gasteiger partial charge in [0.25, 0.3) is 0 Å².